The van der Waals surface area contributed by atoms with Crippen LogP contribution >= 0.6 is 0 Å². The van der Waals surface area contributed by atoms with Gasteiger partial charge in [0.2, 0.25) is 0 Å². The van der Waals surface area contributed by atoms with Crippen molar-refractivity contribution in [1.82, 2.24) is 4.57 Å². The highest BCUT2D eigenvalue weighted by Gasteiger charge is 2.28. The topological polar surface area (TPSA) is 54.6 Å². The number of carbonyl (C=O) groups excluding carboxylic acids is 1. The summed E-state index contributed by atoms with van der Waals surface area (Å²) in [5.74, 6) is 0.448. The highest BCUT2D eigenvalue weighted by molar-refractivity contribution is 6.25. The van der Waals surface area contributed by atoms with Gasteiger partial charge in [0.25, 0.3) is 5.91 Å². The summed E-state index contributed by atoms with van der Waals surface area (Å²) in [5.41, 5.74) is 4.39. The molecule has 3 aromatic rings. The number of unbranched alkanes of at least 4 members (excludes halogenated alkanes) is 5. The number of carbonyl (C=O) groups is 1. The number of rotatable bonds is 12. The summed E-state index contributed by atoms with van der Waals surface area (Å²) in [7, 11) is 0. The second-order valence-electron chi connectivity index (χ2n) is 10.4. The lowest BCUT2D eigenvalue weighted by atomic mass is 9.94. The third kappa shape index (κ3) is 5.37. The van der Waals surface area contributed by atoms with Crippen LogP contribution in [-0.2, 0) is 11.3 Å². The number of nitrogens with zero attached hydrogens (tertiary/aromatic N) is 2. The van der Waals surface area contributed by atoms with Gasteiger partial charge in [-0.2, -0.15) is 0 Å². The van der Waals surface area contributed by atoms with E-state index in [-0.39, 0.29) is 11.8 Å². The van der Waals surface area contributed by atoms with Crippen LogP contribution in [-0.4, -0.2) is 15.6 Å². The molecule has 1 aromatic heterocycles. The molecule has 2 heterocycles. The van der Waals surface area contributed by atoms with Gasteiger partial charge in [0, 0.05) is 17.1 Å². The van der Waals surface area contributed by atoms with E-state index in [2.05, 4.69) is 48.5 Å². The molecule has 4 rings (SSSR count). The molecule has 4 nitrogen and oxygen atoms in total. The first-order chi connectivity index (χ1) is 16.9. The van der Waals surface area contributed by atoms with Crippen molar-refractivity contribution < 1.29 is 9.90 Å². The normalized spacial score (nSPS) is 13.9. The molecule has 186 valence electrons. The second kappa shape index (κ2) is 11.2. The third-order valence-corrected chi connectivity index (χ3v) is 7.42. The van der Waals surface area contributed by atoms with Crippen molar-refractivity contribution in [3.8, 4) is 5.88 Å². The Balaban J connectivity index is 1.79. The zero-order valence-corrected chi connectivity index (χ0v) is 21.9. The maximum absolute atomic E-state index is 13.1. The van der Waals surface area contributed by atoms with Crippen molar-refractivity contribution >= 4 is 22.4 Å². The first-order valence-corrected chi connectivity index (χ1v) is 13.5. The molecule has 0 saturated carbocycles. The van der Waals surface area contributed by atoms with E-state index in [1.165, 1.54) is 57.8 Å². The average molecular weight is 473 g/mol. The van der Waals surface area contributed by atoms with E-state index in [0.717, 1.165) is 33.8 Å². The monoisotopic (exact) mass is 472 g/mol. The van der Waals surface area contributed by atoms with E-state index in [1.807, 2.05) is 25.1 Å². The summed E-state index contributed by atoms with van der Waals surface area (Å²) in [6.07, 6.45) is 11.1. The Morgan fingerprint density at radius 3 is 2.29 bits per heavy atom. The molecule has 1 atom stereocenters. The van der Waals surface area contributed by atoms with Gasteiger partial charge in [0.05, 0.1) is 22.0 Å². The number of aryl methyl sites for hydroxylation is 2. The lowest BCUT2D eigenvalue weighted by Crippen LogP contribution is -2.23. The van der Waals surface area contributed by atoms with Crippen LogP contribution < -0.4 is 10.6 Å². The average Bonchev–Trinajstić information content (AvgIpc) is 3.28. The lowest BCUT2D eigenvalue weighted by Gasteiger charge is -2.19. The minimum absolute atomic E-state index is 0.201. The molecule has 1 N–H and O–H groups in total. The minimum atomic E-state index is -0.264. The predicted octanol–water partition coefficient (Wildman–Crippen LogP) is 6.49. The van der Waals surface area contributed by atoms with Gasteiger partial charge in [0.15, 0.2) is 5.88 Å². The first kappa shape index (κ1) is 25.2. The standard InChI is InChI=1S/C31H40N2O2/c1-5-7-9-11-13-23(12-10-8-6-2)20-33-27-19-22(4)15-17-25(27)29(31(33)35)28-24-16-14-21(3)18-26(24)32-30(28)34/h14-19,23,35H,5-13,20H2,1-4H3. The summed E-state index contributed by atoms with van der Waals surface area (Å²) >= 11 is 0. The molecule has 0 saturated heterocycles. The summed E-state index contributed by atoms with van der Waals surface area (Å²) < 4.78 is 2.07. The molecule has 35 heavy (non-hydrogen) atoms. The van der Waals surface area contributed by atoms with Crippen molar-refractivity contribution in [2.24, 2.45) is 10.9 Å². The van der Waals surface area contributed by atoms with E-state index < -0.39 is 0 Å². The number of aromatic hydroxyl groups is 1. The molecule has 1 unspecified atom stereocenters. The van der Waals surface area contributed by atoms with Crippen molar-refractivity contribution in [3.05, 3.63) is 63.7 Å². The first-order valence-electron chi connectivity index (χ1n) is 13.5. The van der Waals surface area contributed by atoms with E-state index >= 15 is 0 Å². The van der Waals surface area contributed by atoms with Crippen LogP contribution in [0.15, 0.2) is 41.4 Å². The molecular weight excluding hydrogens is 432 g/mol. The Hall–Kier alpha value is -2.88. The Morgan fingerprint density at radius 2 is 1.54 bits per heavy atom. The number of benzene rings is 2. The van der Waals surface area contributed by atoms with E-state index in [0.29, 0.717) is 22.4 Å². The van der Waals surface area contributed by atoms with Crippen molar-refractivity contribution in [2.45, 2.75) is 92.0 Å². The summed E-state index contributed by atoms with van der Waals surface area (Å²) in [5, 5.41) is 14.1. The fourth-order valence-corrected chi connectivity index (χ4v) is 5.47. The smallest absolute Gasteiger partial charge is 0.279 e. The molecule has 1 aliphatic rings. The van der Waals surface area contributed by atoms with Crippen molar-refractivity contribution in [1.29, 1.82) is 0 Å². The summed E-state index contributed by atoms with van der Waals surface area (Å²) in [4.78, 5) is 17.4. The van der Waals surface area contributed by atoms with Crippen LogP contribution in [0, 0.1) is 19.8 Å². The zero-order chi connectivity index (χ0) is 24.9. The summed E-state index contributed by atoms with van der Waals surface area (Å²) in [6.45, 7) is 9.36. The van der Waals surface area contributed by atoms with Gasteiger partial charge in [-0.3, -0.25) is 4.79 Å². The molecule has 1 amide bonds. The highest BCUT2D eigenvalue weighted by Crippen LogP contribution is 2.38. The highest BCUT2D eigenvalue weighted by atomic mass is 16.3. The molecule has 2 aromatic carbocycles. The Morgan fingerprint density at radius 1 is 0.886 bits per heavy atom. The molecule has 0 fully saturated rings. The van der Waals surface area contributed by atoms with Crippen LogP contribution in [0.4, 0.5) is 0 Å². The Labute approximate surface area is 209 Å². The molecule has 0 spiro atoms. The fraction of sp³-hybridized carbons (Fsp3) is 0.484. The molecule has 4 heteroatoms. The quantitative estimate of drug-likeness (QED) is 0.306. The van der Waals surface area contributed by atoms with E-state index in [9.17, 15) is 9.90 Å². The Bertz CT molecular complexity index is 1330. The number of fused-ring (bicyclic) bond motifs is 2. The van der Waals surface area contributed by atoms with Gasteiger partial charge in [-0.15, -0.1) is 0 Å². The summed E-state index contributed by atoms with van der Waals surface area (Å²) in [6, 6.07) is 12.2. The van der Waals surface area contributed by atoms with Gasteiger partial charge >= 0.3 is 0 Å². The molecule has 0 bridgehead atoms. The van der Waals surface area contributed by atoms with Crippen LogP contribution in [0.5, 0.6) is 5.88 Å². The van der Waals surface area contributed by atoms with Gasteiger partial charge in [0.1, 0.15) is 0 Å². The number of amides is 1. The third-order valence-electron chi connectivity index (χ3n) is 7.42. The maximum Gasteiger partial charge on any atom is 0.279 e. The fourth-order valence-electron chi connectivity index (χ4n) is 5.47. The van der Waals surface area contributed by atoms with Gasteiger partial charge in [-0.05, 0) is 55.9 Å². The van der Waals surface area contributed by atoms with E-state index in [1.54, 1.807) is 0 Å². The molecule has 0 radical (unpaired) electrons. The van der Waals surface area contributed by atoms with Crippen LogP contribution in [0.1, 0.15) is 88.3 Å². The number of hydrogen-bond donors (Lipinski definition) is 1. The predicted molar refractivity (Wildman–Crippen MR) is 144 cm³/mol. The molecule has 0 aliphatic carbocycles. The van der Waals surface area contributed by atoms with Crippen LogP contribution in [0.3, 0.4) is 0 Å². The van der Waals surface area contributed by atoms with Gasteiger partial charge < -0.3 is 9.67 Å². The maximum atomic E-state index is 13.1. The zero-order valence-electron chi connectivity index (χ0n) is 21.9. The lowest BCUT2D eigenvalue weighted by molar-refractivity contribution is -0.112. The van der Waals surface area contributed by atoms with E-state index in [4.69, 9.17) is 0 Å². The van der Waals surface area contributed by atoms with Gasteiger partial charge in [-0.25, -0.2) is 4.99 Å². The Kier molecular flexibility index (Phi) is 8.10. The van der Waals surface area contributed by atoms with Crippen molar-refractivity contribution in [3.63, 3.8) is 0 Å². The van der Waals surface area contributed by atoms with Gasteiger partial charge in [-0.1, -0.05) is 83.1 Å². The number of hydrogen-bond acceptors (Lipinski definition) is 2. The van der Waals surface area contributed by atoms with Crippen molar-refractivity contribution in [2.75, 3.05) is 0 Å². The minimum Gasteiger partial charge on any atom is -0.494 e. The SMILES string of the molecule is CCCCCCC(CCCCC)Cn1c(O)c(C2=c3ccc(C)cc3=NC2=O)c2ccc(C)cc21. The second-order valence-corrected chi connectivity index (χ2v) is 10.4. The molecular formula is C31H40N2O2. The van der Waals surface area contributed by atoms with Crippen LogP contribution in [0.25, 0.3) is 16.5 Å². The molecule has 1 aliphatic heterocycles. The van der Waals surface area contributed by atoms with Crippen LogP contribution in [0.2, 0.25) is 0 Å². The largest absolute Gasteiger partial charge is 0.494 e. The number of aromatic nitrogens is 1.